The SMILES string of the molecule is CC1(C)/C(=N\N=C2/C3CCC(C3)C2(C)C)C2CCC1C2. The third kappa shape index (κ3) is 1.57. The van der Waals surface area contributed by atoms with Gasteiger partial charge in [0.25, 0.3) is 0 Å². The lowest BCUT2D eigenvalue weighted by atomic mass is 9.75. The molecule has 2 heteroatoms. The maximum absolute atomic E-state index is 4.86. The zero-order chi connectivity index (χ0) is 14.1. The molecule has 4 aliphatic rings. The Kier molecular flexibility index (Phi) is 2.58. The van der Waals surface area contributed by atoms with Crippen molar-refractivity contribution in [1.29, 1.82) is 0 Å². The van der Waals surface area contributed by atoms with Crippen LogP contribution in [0.3, 0.4) is 0 Å². The standard InChI is InChI=1S/C18H28N2/c1-17(2)13-7-5-11(9-13)15(17)19-20-16-12-6-8-14(10-12)18(16,3)4/h11-14H,5-10H2,1-4H3/b19-15-,20-16+. The molecule has 0 aromatic rings. The molecule has 0 saturated heterocycles. The van der Waals surface area contributed by atoms with Gasteiger partial charge in [-0.05, 0) is 62.2 Å². The van der Waals surface area contributed by atoms with Crippen LogP contribution in [-0.2, 0) is 0 Å². The van der Waals surface area contributed by atoms with Crippen molar-refractivity contribution in [3.63, 3.8) is 0 Å². The molecular weight excluding hydrogens is 244 g/mol. The van der Waals surface area contributed by atoms with Crippen LogP contribution < -0.4 is 0 Å². The summed E-state index contributed by atoms with van der Waals surface area (Å²) >= 11 is 0. The fourth-order valence-electron chi connectivity index (χ4n) is 5.77. The van der Waals surface area contributed by atoms with Gasteiger partial charge in [0.05, 0.1) is 0 Å². The number of hydrogen-bond acceptors (Lipinski definition) is 2. The molecule has 20 heavy (non-hydrogen) atoms. The number of rotatable bonds is 1. The van der Waals surface area contributed by atoms with E-state index in [1.807, 2.05) is 0 Å². The van der Waals surface area contributed by atoms with E-state index < -0.39 is 0 Å². The van der Waals surface area contributed by atoms with Crippen molar-refractivity contribution in [3.05, 3.63) is 0 Å². The highest BCUT2D eigenvalue weighted by Gasteiger charge is 2.52. The molecule has 0 radical (unpaired) electrons. The predicted octanol–water partition coefficient (Wildman–Crippen LogP) is 4.70. The number of nitrogens with zero attached hydrogens (tertiary/aromatic N) is 2. The third-order valence-electron chi connectivity index (χ3n) is 7.27. The Morgan fingerprint density at radius 2 is 1.10 bits per heavy atom. The lowest BCUT2D eigenvalue weighted by Crippen LogP contribution is -2.32. The Bertz CT molecular complexity index is 452. The number of fused-ring (bicyclic) bond motifs is 4. The quantitative estimate of drug-likeness (QED) is 0.618. The van der Waals surface area contributed by atoms with Crippen LogP contribution in [0.2, 0.25) is 0 Å². The number of hydrogen-bond donors (Lipinski definition) is 0. The first-order valence-corrected chi connectivity index (χ1v) is 8.57. The van der Waals surface area contributed by atoms with Gasteiger partial charge in [0.2, 0.25) is 0 Å². The van der Waals surface area contributed by atoms with Crippen LogP contribution in [0.25, 0.3) is 0 Å². The van der Waals surface area contributed by atoms with Crippen LogP contribution in [-0.4, -0.2) is 11.4 Å². The van der Waals surface area contributed by atoms with Gasteiger partial charge in [-0.2, -0.15) is 10.2 Å². The summed E-state index contributed by atoms with van der Waals surface area (Å²) < 4.78 is 0. The fraction of sp³-hybridized carbons (Fsp3) is 0.889. The molecule has 4 saturated carbocycles. The first-order chi connectivity index (χ1) is 9.40. The van der Waals surface area contributed by atoms with E-state index in [0.29, 0.717) is 10.8 Å². The van der Waals surface area contributed by atoms with Gasteiger partial charge in [0, 0.05) is 22.3 Å². The molecule has 0 aliphatic heterocycles. The first-order valence-electron chi connectivity index (χ1n) is 8.57. The highest BCUT2D eigenvalue weighted by Crippen LogP contribution is 2.55. The van der Waals surface area contributed by atoms with E-state index >= 15 is 0 Å². The molecule has 0 aromatic heterocycles. The zero-order valence-electron chi connectivity index (χ0n) is 13.4. The minimum absolute atomic E-state index is 0.300. The smallest absolute Gasteiger partial charge is 0.0495 e. The second-order valence-corrected chi connectivity index (χ2v) is 8.83. The predicted molar refractivity (Wildman–Crippen MR) is 84.1 cm³/mol. The first kappa shape index (κ1) is 13.0. The summed E-state index contributed by atoms with van der Waals surface area (Å²) in [5.41, 5.74) is 3.43. The van der Waals surface area contributed by atoms with Gasteiger partial charge in [-0.3, -0.25) is 0 Å². The molecule has 0 heterocycles. The average molecular weight is 272 g/mol. The largest absolute Gasteiger partial charge is 0.159 e. The molecule has 0 N–H and O–H groups in total. The highest BCUT2D eigenvalue weighted by molar-refractivity contribution is 5.98. The van der Waals surface area contributed by atoms with E-state index in [1.54, 1.807) is 0 Å². The van der Waals surface area contributed by atoms with Crippen molar-refractivity contribution in [1.82, 2.24) is 0 Å². The van der Waals surface area contributed by atoms with Crippen LogP contribution in [0.1, 0.15) is 66.2 Å². The fourth-order valence-corrected chi connectivity index (χ4v) is 5.77. The van der Waals surface area contributed by atoms with Crippen LogP contribution in [0.4, 0.5) is 0 Å². The molecular formula is C18H28N2. The maximum atomic E-state index is 4.86. The Morgan fingerprint density at radius 3 is 1.40 bits per heavy atom. The Morgan fingerprint density at radius 1 is 0.700 bits per heavy atom. The van der Waals surface area contributed by atoms with Gasteiger partial charge < -0.3 is 0 Å². The van der Waals surface area contributed by atoms with Crippen molar-refractivity contribution in [2.75, 3.05) is 0 Å². The minimum Gasteiger partial charge on any atom is -0.159 e. The van der Waals surface area contributed by atoms with E-state index in [0.717, 1.165) is 23.7 Å². The molecule has 4 rings (SSSR count). The average Bonchev–Trinajstić information content (AvgIpc) is 3.07. The molecule has 4 aliphatic carbocycles. The van der Waals surface area contributed by atoms with Gasteiger partial charge in [0.1, 0.15) is 0 Å². The molecule has 2 nitrogen and oxygen atoms in total. The van der Waals surface area contributed by atoms with Crippen molar-refractivity contribution >= 4 is 11.4 Å². The molecule has 110 valence electrons. The molecule has 4 unspecified atom stereocenters. The van der Waals surface area contributed by atoms with Crippen molar-refractivity contribution in [2.24, 2.45) is 44.7 Å². The van der Waals surface area contributed by atoms with Crippen molar-refractivity contribution < 1.29 is 0 Å². The van der Waals surface area contributed by atoms with E-state index in [1.165, 1.54) is 49.9 Å². The summed E-state index contributed by atoms with van der Waals surface area (Å²) in [6.45, 7) is 9.56. The Hall–Kier alpha value is -0.660. The summed E-state index contributed by atoms with van der Waals surface area (Å²) in [5.74, 6) is 3.20. The molecule has 4 atom stereocenters. The lowest BCUT2D eigenvalue weighted by Gasteiger charge is -2.32. The summed E-state index contributed by atoms with van der Waals surface area (Å²) in [6.07, 6.45) is 8.26. The van der Waals surface area contributed by atoms with Crippen molar-refractivity contribution in [3.8, 4) is 0 Å². The normalized spacial score (nSPS) is 47.8. The van der Waals surface area contributed by atoms with Crippen molar-refractivity contribution in [2.45, 2.75) is 66.2 Å². The highest BCUT2D eigenvalue weighted by atomic mass is 15.2. The van der Waals surface area contributed by atoms with E-state index in [9.17, 15) is 0 Å². The Balaban J connectivity index is 1.67. The third-order valence-corrected chi connectivity index (χ3v) is 7.27. The van der Waals surface area contributed by atoms with Gasteiger partial charge in [-0.1, -0.05) is 27.7 Å². The summed E-state index contributed by atoms with van der Waals surface area (Å²) in [5, 5.41) is 9.72. The Labute approximate surface area is 123 Å². The van der Waals surface area contributed by atoms with Gasteiger partial charge >= 0.3 is 0 Å². The van der Waals surface area contributed by atoms with Crippen LogP contribution >= 0.6 is 0 Å². The topological polar surface area (TPSA) is 24.7 Å². The van der Waals surface area contributed by atoms with Gasteiger partial charge in [0.15, 0.2) is 0 Å². The molecule has 0 amide bonds. The molecule has 4 bridgehead atoms. The summed E-state index contributed by atoms with van der Waals surface area (Å²) in [6, 6.07) is 0. The zero-order valence-corrected chi connectivity index (χ0v) is 13.4. The van der Waals surface area contributed by atoms with E-state index in [4.69, 9.17) is 10.2 Å². The minimum atomic E-state index is 0.300. The monoisotopic (exact) mass is 272 g/mol. The van der Waals surface area contributed by atoms with Gasteiger partial charge in [-0.25, -0.2) is 0 Å². The van der Waals surface area contributed by atoms with E-state index in [-0.39, 0.29) is 0 Å². The molecule has 0 aromatic carbocycles. The van der Waals surface area contributed by atoms with Crippen LogP contribution in [0.5, 0.6) is 0 Å². The lowest BCUT2D eigenvalue weighted by molar-refractivity contribution is 0.330. The van der Waals surface area contributed by atoms with E-state index in [2.05, 4.69) is 27.7 Å². The van der Waals surface area contributed by atoms with Crippen LogP contribution in [0.15, 0.2) is 10.2 Å². The second-order valence-electron chi connectivity index (χ2n) is 8.83. The van der Waals surface area contributed by atoms with Crippen LogP contribution in [0, 0.1) is 34.5 Å². The molecule has 0 spiro atoms. The second kappa shape index (κ2) is 3.96. The summed E-state index contributed by atoms with van der Waals surface area (Å²) in [7, 11) is 0. The molecule has 4 fully saturated rings. The van der Waals surface area contributed by atoms with Gasteiger partial charge in [-0.15, -0.1) is 0 Å². The maximum Gasteiger partial charge on any atom is 0.0495 e. The summed E-state index contributed by atoms with van der Waals surface area (Å²) in [4.78, 5) is 0.